The molecule has 134 valence electrons. The van der Waals surface area contributed by atoms with Crippen molar-refractivity contribution in [3.05, 3.63) is 58.0 Å². The van der Waals surface area contributed by atoms with E-state index in [0.29, 0.717) is 9.50 Å². The van der Waals surface area contributed by atoms with E-state index >= 15 is 0 Å². The number of benzene rings is 2. The van der Waals surface area contributed by atoms with Crippen LogP contribution in [-0.4, -0.2) is 39.5 Å². The zero-order valence-electron chi connectivity index (χ0n) is 13.0. The van der Waals surface area contributed by atoms with Crippen LogP contribution in [0.15, 0.2) is 62.8 Å². The van der Waals surface area contributed by atoms with Crippen molar-refractivity contribution in [2.45, 2.75) is 21.5 Å². The lowest BCUT2D eigenvalue weighted by Gasteiger charge is -2.17. The highest BCUT2D eigenvalue weighted by atomic mass is 79.9. The van der Waals surface area contributed by atoms with Gasteiger partial charge in [-0.15, -0.1) is 0 Å². The Morgan fingerprint density at radius 2 is 1.64 bits per heavy atom. The highest BCUT2D eigenvalue weighted by Crippen LogP contribution is 2.31. The summed E-state index contributed by atoms with van der Waals surface area (Å²) in [4.78, 5) is 0.293. The van der Waals surface area contributed by atoms with Crippen LogP contribution in [-0.2, 0) is 19.9 Å². The normalized spacial score (nSPS) is 19.2. The summed E-state index contributed by atoms with van der Waals surface area (Å²) in [5.41, 5.74) is 0. The van der Waals surface area contributed by atoms with Crippen LogP contribution in [0.2, 0.25) is 5.02 Å². The van der Waals surface area contributed by atoms with E-state index in [9.17, 15) is 16.8 Å². The highest BCUT2D eigenvalue weighted by molar-refractivity contribution is 9.10. The van der Waals surface area contributed by atoms with Crippen LogP contribution < -0.4 is 0 Å². The fraction of sp³-hybridized carbons (Fsp3) is 0.250. The minimum atomic E-state index is -3.75. The lowest BCUT2D eigenvalue weighted by molar-refractivity contribution is 0.476. The van der Waals surface area contributed by atoms with Crippen LogP contribution >= 0.6 is 27.5 Å². The average Bonchev–Trinajstić information content (AvgIpc) is 3.07. The maximum atomic E-state index is 12.8. The summed E-state index contributed by atoms with van der Waals surface area (Å²) in [5.74, 6) is 0. The first-order valence-corrected chi connectivity index (χ1v) is 11.6. The third-order valence-electron chi connectivity index (χ3n) is 4.14. The van der Waals surface area contributed by atoms with Gasteiger partial charge >= 0.3 is 0 Å². The Labute approximate surface area is 160 Å². The summed E-state index contributed by atoms with van der Waals surface area (Å²) in [7, 11) is -7.37. The predicted octanol–water partition coefficient (Wildman–Crippen LogP) is 3.34. The van der Waals surface area contributed by atoms with E-state index < -0.39 is 25.1 Å². The molecule has 0 aromatic heterocycles. The van der Waals surface area contributed by atoms with Gasteiger partial charge < -0.3 is 0 Å². The van der Waals surface area contributed by atoms with Crippen molar-refractivity contribution in [1.82, 2.24) is 4.31 Å². The zero-order chi connectivity index (χ0) is 18.2. The van der Waals surface area contributed by atoms with E-state index in [1.54, 1.807) is 18.2 Å². The molecule has 1 atom stereocenters. The van der Waals surface area contributed by atoms with Crippen LogP contribution in [0.4, 0.5) is 0 Å². The molecule has 0 aliphatic carbocycles. The van der Waals surface area contributed by atoms with Crippen molar-refractivity contribution in [3.63, 3.8) is 0 Å². The van der Waals surface area contributed by atoms with Crippen molar-refractivity contribution in [1.29, 1.82) is 0 Å². The van der Waals surface area contributed by atoms with Gasteiger partial charge in [0.25, 0.3) is 0 Å². The van der Waals surface area contributed by atoms with Crippen LogP contribution in [0.1, 0.15) is 6.42 Å². The van der Waals surface area contributed by atoms with Gasteiger partial charge in [0, 0.05) is 22.6 Å². The Kier molecular flexibility index (Phi) is 5.28. The van der Waals surface area contributed by atoms with Crippen LogP contribution in [0.3, 0.4) is 0 Å². The van der Waals surface area contributed by atoms with Crippen LogP contribution in [0, 0.1) is 0 Å². The summed E-state index contributed by atoms with van der Waals surface area (Å²) < 4.78 is 52.8. The van der Waals surface area contributed by atoms with Gasteiger partial charge in [-0.2, -0.15) is 4.31 Å². The Bertz CT molecular complexity index is 991. The third kappa shape index (κ3) is 3.64. The fourth-order valence-electron chi connectivity index (χ4n) is 2.78. The number of sulfonamides is 1. The van der Waals surface area contributed by atoms with Gasteiger partial charge in [0.2, 0.25) is 10.0 Å². The molecule has 1 aliphatic rings. The van der Waals surface area contributed by atoms with Crippen LogP contribution in [0.25, 0.3) is 0 Å². The smallest absolute Gasteiger partial charge is 0.223 e. The molecule has 0 N–H and O–H groups in total. The van der Waals surface area contributed by atoms with Gasteiger partial charge in [0.1, 0.15) is 0 Å². The molecule has 2 aromatic rings. The van der Waals surface area contributed by atoms with Gasteiger partial charge in [-0.3, -0.25) is 0 Å². The van der Waals surface area contributed by atoms with E-state index in [2.05, 4.69) is 15.9 Å². The molecule has 0 saturated carbocycles. The van der Waals surface area contributed by atoms with Crippen molar-refractivity contribution < 1.29 is 16.8 Å². The van der Waals surface area contributed by atoms with Crippen molar-refractivity contribution in [2.24, 2.45) is 0 Å². The minimum Gasteiger partial charge on any atom is -0.223 e. The molecule has 9 heteroatoms. The predicted molar refractivity (Wildman–Crippen MR) is 99.9 cm³/mol. The standard InChI is InChI=1S/C16H15BrClNO4S2/c17-15-3-1-2-4-16(15)25(22,23)19-10-9-14(11-19)24(20,21)13-7-5-12(18)6-8-13/h1-8,14H,9-11H2. The molecular formula is C16H15BrClNO4S2. The molecule has 5 nitrogen and oxygen atoms in total. The van der Waals surface area contributed by atoms with Gasteiger partial charge in [0.05, 0.1) is 15.0 Å². The second kappa shape index (κ2) is 7.00. The maximum Gasteiger partial charge on any atom is 0.244 e. The third-order valence-corrected chi connectivity index (χ3v) is 9.46. The molecule has 0 amide bonds. The monoisotopic (exact) mass is 463 g/mol. The number of hydrogen-bond donors (Lipinski definition) is 0. The summed E-state index contributed by atoms with van der Waals surface area (Å²) in [5, 5.41) is -0.325. The Balaban J connectivity index is 1.86. The minimum absolute atomic E-state index is 0.0609. The van der Waals surface area contributed by atoms with Gasteiger partial charge in [0.15, 0.2) is 9.84 Å². The molecule has 1 fully saturated rings. The van der Waals surface area contributed by atoms with Crippen molar-refractivity contribution >= 4 is 47.4 Å². The van der Waals surface area contributed by atoms with E-state index in [1.807, 2.05) is 0 Å². The lowest BCUT2D eigenvalue weighted by Crippen LogP contribution is -2.32. The van der Waals surface area contributed by atoms with E-state index in [4.69, 9.17) is 11.6 Å². The van der Waals surface area contributed by atoms with Crippen molar-refractivity contribution in [2.75, 3.05) is 13.1 Å². The summed E-state index contributed by atoms with van der Waals surface area (Å²) in [6.07, 6.45) is 0.259. The topological polar surface area (TPSA) is 71.5 Å². The molecule has 25 heavy (non-hydrogen) atoms. The van der Waals surface area contributed by atoms with Gasteiger partial charge in [-0.1, -0.05) is 23.7 Å². The molecule has 1 unspecified atom stereocenters. The molecule has 0 radical (unpaired) electrons. The highest BCUT2D eigenvalue weighted by Gasteiger charge is 2.40. The first-order valence-electron chi connectivity index (χ1n) is 7.47. The Morgan fingerprint density at radius 1 is 1.00 bits per heavy atom. The Hall–Kier alpha value is -0.930. The summed E-state index contributed by atoms with van der Waals surface area (Å²) in [6, 6.07) is 12.4. The maximum absolute atomic E-state index is 12.8. The Morgan fingerprint density at radius 3 is 2.28 bits per heavy atom. The zero-order valence-corrected chi connectivity index (χ0v) is 16.9. The number of hydrogen-bond acceptors (Lipinski definition) is 4. The summed E-state index contributed by atoms with van der Waals surface area (Å²) >= 11 is 9.04. The molecule has 2 aromatic carbocycles. The first kappa shape index (κ1) is 18.8. The average molecular weight is 465 g/mol. The molecule has 0 spiro atoms. The molecule has 3 rings (SSSR count). The molecule has 1 aliphatic heterocycles. The number of rotatable bonds is 4. The van der Waals surface area contributed by atoms with E-state index in [0.717, 1.165) is 0 Å². The van der Waals surface area contributed by atoms with E-state index in [1.165, 1.54) is 34.6 Å². The van der Waals surface area contributed by atoms with Crippen molar-refractivity contribution in [3.8, 4) is 0 Å². The largest absolute Gasteiger partial charge is 0.244 e. The summed E-state index contributed by atoms with van der Waals surface area (Å²) in [6.45, 7) is 0.107. The molecule has 1 saturated heterocycles. The van der Waals surface area contributed by atoms with E-state index in [-0.39, 0.29) is 29.3 Å². The number of sulfone groups is 1. The van der Waals surface area contributed by atoms with Gasteiger partial charge in [-0.05, 0) is 58.7 Å². The molecule has 1 heterocycles. The lowest BCUT2D eigenvalue weighted by atomic mass is 10.4. The SMILES string of the molecule is O=S(=O)(c1ccc(Cl)cc1)C1CCN(S(=O)(=O)c2ccccc2Br)C1. The van der Waals surface area contributed by atoms with Crippen LogP contribution in [0.5, 0.6) is 0 Å². The quantitative estimate of drug-likeness (QED) is 0.696. The second-order valence-corrected chi connectivity index (χ2v) is 11.1. The molecule has 0 bridgehead atoms. The fourth-order valence-corrected chi connectivity index (χ4v) is 7.16. The number of nitrogens with zero attached hydrogens (tertiary/aromatic N) is 1. The first-order chi connectivity index (χ1) is 11.7. The number of halogens is 2. The molecular weight excluding hydrogens is 450 g/mol. The van der Waals surface area contributed by atoms with Gasteiger partial charge in [-0.25, -0.2) is 16.8 Å². The second-order valence-electron chi connectivity index (χ2n) is 5.70.